The van der Waals surface area contributed by atoms with E-state index in [1.807, 2.05) is 55.1 Å². The molecule has 2 fully saturated rings. The highest BCUT2D eigenvalue weighted by molar-refractivity contribution is 5.96. The maximum Gasteiger partial charge on any atom is 0.254 e. The van der Waals surface area contributed by atoms with Crippen LogP contribution >= 0.6 is 0 Å². The molecule has 2 aliphatic heterocycles. The second-order valence-electron chi connectivity index (χ2n) is 9.34. The summed E-state index contributed by atoms with van der Waals surface area (Å²) in [6, 6.07) is 14.1. The number of likely N-dealkylation sites (tertiary alicyclic amines) is 1. The van der Waals surface area contributed by atoms with Gasteiger partial charge in [0.1, 0.15) is 0 Å². The molecule has 1 atom stereocenters. The van der Waals surface area contributed by atoms with Crippen LogP contribution in [0.25, 0.3) is 11.5 Å². The zero-order valence-corrected chi connectivity index (χ0v) is 18.9. The highest BCUT2D eigenvalue weighted by Gasteiger charge is 2.51. The number of ether oxygens (including phenoxy) is 1. The lowest BCUT2D eigenvalue weighted by atomic mass is 9.72. The first-order valence-corrected chi connectivity index (χ1v) is 11.3. The maximum absolute atomic E-state index is 13.5. The highest BCUT2D eigenvalue weighted by Crippen LogP contribution is 2.49. The minimum atomic E-state index is -0.0937. The van der Waals surface area contributed by atoms with Crippen molar-refractivity contribution >= 4 is 5.91 Å². The minimum Gasteiger partial charge on any atom is -0.420 e. The van der Waals surface area contributed by atoms with Crippen LogP contribution in [0.15, 0.2) is 46.9 Å². The molecule has 3 aromatic rings. The molecule has 166 valence electrons. The Morgan fingerprint density at radius 1 is 1.00 bits per heavy atom. The third-order valence-electron chi connectivity index (χ3n) is 7.07. The van der Waals surface area contributed by atoms with Gasteiger partial charge in [0.15, 0.2) is 0 Å². The fraction of sp³-hybridized carbons (Fsp3) is 0.423. The summed E-state index contributed by atoms with van der Waals surface area (Å²) in [5, 5.41) is 8.79. The van der Waals surface area contributed by atoms with Gasteiger partial charge in [-0.15, -0.1) is 10.2 Å². The van der Waals surface area contributed by atoms with Crippen molar-refractivity contribution in [3.63, 3.8) is 0 Å². The second kappa shape index (κ2) is 8.17. The number of hydrogen-bond donors (Lipinski definition) is 0. The Labute approximate surface area is 188 Å². The van der Waals surface area contributed by atoms with Crippen LogP contribution in [0.5, 0.6) is 0 Å². The van der Waals surface area contributed by atoms with E-state index in [1.165, 1.54) is 5.56 Å². The first-order valence-electron chi connectivity index (χ1n) is 11.3. The van der Waals surface area contributed by atoms with Crippen LogP contribution in [0.4, 0.5) is 0 Å². The van der Waals surface area contributed by atoms with Gasteiger partial charge in [0.25, 0.3) is 5.91 Å². The van der Waals surface area contributed by atoms with Gasteiger partial charge in [-0.1, -0.05) is 35.4 Å². The molecule has 2 saturated heterocycles. The van der Waals surface area contributed by atoms with Gasteiger partial charge in [-0.3, -0.25) is 4.79 Å². The quantitative estimate of drug-likeness (QED) is 0.601. The van der Waals surface area contributed by atoms with Gasteiger partial charge in [-0.05, 0) is 57.4 Å². The Hall–Kier alpha value is -2.99. The predicted molar refractivity (Wildman–Crippen MR) is 122 cm³/mol. The normalized spacial score (nSPS) is 20.1. The van der Waals surface area contributed by atoms with Crippen molar-refractivity contribution in [2.24, 2.45) is 5.41 Å². The molecule has 0 saturated carbocycles. The molecular formula is C26H29N3O3. The van der Waals surface area contributed by atoms with Crippen molar-refractivity contribution in [3.05, 3.63) is 70.6 Å². The summed E-state index contributed by atoms with van der Waals surface area (Å²) in [5.41, 5.74) is 4.95. The predicted octanol–water partition coefficient (Wildman–Crippen LogP) is 4.70. The number of rotatable bonds is 3. The Bertz CT molecular complexity index is 1130. The van der Waals surface area contributed by atoms with E-state index in [0.29, 0.717) is 38.1 Å². The van der Waals surface area contributed by atoms with Crippen LogP contribution in [-0.4, -0.2) is 47.3 Å². The molecule has 5 rings (SSSR count). The molecule has 1 aromatic heterocycles. The highest BCUT2D eigenvalue weighted by atomic mass is 16.5. The lowest BCUT2D eigenvalue weighted by molar-refractivity contribution is 0.00908. The van der Waals surface area contributed by atoms with Gasteiger partial charge < -0.3 is 14.1 Å². The van der Waals surface area contributed by atoms with Gasteiger partial charge in [0, 0.05) is 42.8 Å². The summed E-state index contributed by atoms with van der Waals surface area (Å²) in [5.74, 6) is 1.24. The zero-order valence-electron chi connectivity index (χ0n) is 18.9. The fourth-order valence-electron chi connectivity index (χ4n) is 5.16. The van der Waals surface area contributed by atoms with Gasteiger partial charge in [0.05, 0.1) is 5.92 Å². The molecule has 0 N–H and O–H groups in total. The van der Waals surface area contributed by atoms with E-state index >= 15 is 0 Å². The van der Waals surface area contributed by atoms with Crippen LogP contribution in [0, 0.1) is 26.2 Å². The summed E-state index contributed by atoms with van der Waals surface area (Å²) in [7, 11) is 0. The first kappa shape index (κ1) is 20.9. The monoisotopic (exact) mass is 431 g/mol. The van der Waals surface area contributed by atoms with Crippen LogP contribution in [-0.2, 0) is 4.74 Å². The standard InChI is InChI=1S/C26H29N3O3/c1-17-4-7-20(8-5-17)23-27-28-24(32-23)22-15-29(16-26(22)10-12-31-13-11-26)25(30)21-9-6-18(2)14-19(21)3/h4-9,14,22H,10-13,15-16H2,1-3H3. The second-order valence-corrected chi connectivity index (χ2v) is 9.34. The molecule has 0 bridgehead atoms. The van der Waals surface area contributed by atoms with Crippen molar-refractivity contribution in [1.29, 1.82) is 0 Å². The molecule has 0 radical (unpaired) electrons. The van der Waals surface area contributed by atoms with E-state index < -0.39 is 0 Å². The molecule has 32 heavy (non-hydrogen) atoms. The molecule has 3 heterocycles. The minimum absolute atomic E-state index is 0.00722. The maximum atomic E-state index is 13.5. The van der Waals surface area contributed by atoms with Crippen LogP contribution in [0.1, 0.15) is 51.7 Å². The molecule has 6 heteroatoms. The fourth-order valence-corrected chi connectivity index (χ4v) is 5.16. The largest absolute Gasteiger partial charge is 0.420 e. The van der Waals surface area contributed by atoms with Crippen molar-refractivity contribution < 1.29 is 13.9 Å². The Balaban J connectivity index is 1.45. The van der Waals surface area contributed by atoms with Gasteiger partial charge in [-0.2, -0.15) is 0 Å². The molecule has 1 amide bonds. The molecular weight excluding hydrogens is 402 g/mol. The SMILES string of the molecule is Cc1ccc(-c2nnc(C3CN(C(=O)c4ccc(C)cc4C)CC34CCOCC4)o2)cc1. The first-order chi connectivity index (χ1) is 15.4. The third kappa shape index (κ3) is 3.73. The Morgan fingerprint density at radius 3 is 2.44 bits per heavy atom. The van der Waals surface area contributed by atoms with E-state index in [4.69, 9.17) is 9.15 Å². The molecule has 2 aliphatic rings. The number of aromatic nitrogens is 2. The number of carbonyl (C=O) groups is 1. The molecule has 6 nitrogen and oxygen atoms in total. The van der Waals surface area contributed by atoms with Gasteiger partial charge in [-0.25, -0.2) is 0 Å². The van der Waals surface area contributed by atoms with Crippen molar-refractivity contribution in [2.45, 2.75) is 39.5 Å². The smallest absolute Gasteiger partial charge is 0.254 e. The topological polar surface area (TPSA) is 68.5 Å². The molecule has 1 spiro atoms. The van der Waals surface area contributed by atoms with Crippen LogP contribution in [0.3, 0.4) is 0 Å². The van der Waals surface area contributed by atoms with Crippen LogP contribution in [0.2, 0.25) is 0 Å². The van der Waals surface area contributed by atoms with Gasteiger partial charge in [0.2, 0.25) is 11.8 Å². The van der Waals surface area contributed by atoms with E-state index in [9.17, 15) is 4.79 Å². The molecule has 1 unspecified atom stereocenters. The Morgan fingerprint density at radius 2 is 1.72 bits per heavy atom. The summed E-state index contributed by atoms with van der Waals surface area (Å²) in [6.45, 7) is 8.77. The van der Waals surface area contributed by atoms with Crippen LogP contribution < -0.4 is 0 Å². The lowest BCUT2D eigenvalue weighted by Gasteiger charge is -2.36. The van der Waals surface area contributed by atoms with E-state index in [1.54, 1.807) is 0 Å². The van der Waals surface area contributed by atoms with Crippen molar-refractivity contribution in [2.75, 3.05) is 26.3 Å². The summed E-state index contributed by atoms with van der Waals surface area (Å²) in [4.78, 5) is 15.4. The third-order valence-corrected chi connectivity index (χ3v) is 7.07. The van der Waals surface area contributed by atoms with Gasteiger partial charge >= 0.3 is 0 Å². The average molecular weight is 432 g/mol. The summed E-state index contributed by atoms with van der Waals surface area (Å²) < 4.78 is 11.9. The summed E-state index contributed by atoms with van der Waals surface area (Å²) >= 11 is 0. The summed E-state index contributed by atoms with van der Waals surface area (Å²) in [6.07, 6.45) is 1.77. The van der Waals surface area contributed by atoms with Crippen molar-refractivity contribution in [1.82, 2.24) is 15.1 Å². The number of benzene rings is 2. The number of nitrogens with zero attached hydrogens (tertiary/aromatic N) is 3. The average Bonchev–Trinajstić information content (AvgIpc) is 3.40. The van der Waals surface area contributed by atoms with E-state index in [2.05, 4.69) is 23.2 Å². The number of carbonyl (C=O) groups excluding carboxylic acids is 1. The molecule has 0 aliphatic carbocycles. The van der Waals surface area contributed by atoms with Crippen molar-refractivity contribution in [3.8, 4) is 11.5 Å². The lowest BCUT2D eigenvalue weighted by Crippen LogP contribution is -2.37. The van der Waals surface area contributed by atoms with E-state index in [0.717, 1.165) is 35.1 Å². The number of amides is 1. The Kier molecular flexibility index (Phi) is 5.33. The number of aryl methyl sites for hydroxylation is 3. The van der Waals surface area contributed by atoms with E-state index in [-0.39, 0.29) is 17.2 Å². The zero-order chi connectivity index (χ0) is 22.3. The molecule has 2 aromatic carbocycles. The number of hydrogen-bond acceptors (Lipinski definition) is 5.